The number of ether oxygens (including phenoxy) is 1. The predicted molar refractivity (Wildman–Crippen MR) is 129 cm³/mol. The van der Waals surface area contributed by atoms with Crippen LogP contribution in [0.3, 0.4) is 0 Å². The Kier molecular flexibility index (Phi) is 6.07. The van der Waals surface area contributed by atoms with Crippen LogP contribution in [0.4, 0.5) is 5.88 Å². The van der Waals surface area contributed by atoms with Crippen molar-refractivity contribution in [3.05, 3.63) is 71.2 Å². The molecule has 0 bridgehead atoms. The highest BCUT2D eigenvalue weighted by Gasteiger charge is 2.33. The molecule has 0 unspecified atom stereocenters. The summed E-state index contributed by atoms with van der Waals surface area (Å²) in [5.74, 6) is 1.03. The lowest BCUT2D eigenvalue weighted by Gasteiger charge is -2.25. The van der Waals surface area contributed by atoms with E-state index in [9.17, 15) is 9.59 Å². The quantitative estimate of drug-likeness (QED) is 0.520. The second-order valence-electron chi connectivity index (χ2n) is 8.04. The van der Waals surface area contributed by atoms with Gasteiger partial charge in [0.1, 0.15) is 11.8 Å². The van der Waals surface area contributed by atoms with Gasteiger partial charge in [-0.05, 0) is 50.6 Å². The highest BCUT2D eigenvalue weighted by molar-refractivity contribution is 7.10. The number of hydrogen-bond acceptors (Lipinski definition) is 8. The summed E-state index contributed by atoms with van der Waals surface area (Å²) in [5, 5.41) is 1.94. The van der Waals surface area contributed by atoms with E-state index >= 15 is 0 Å². The fourth-order valence-corrected chi connectivity index (χ4v) is 6.19. The molecular formula is C24H25N3O4S2. The number of carbonyl (C=O) groups excluding carboxylic acids is 1. The van der Waals surface area contributed by atoms with Gasteiger partial charge in [0.2, 0.25) is 0 Å². The number of furan rings is 1. The number of nitrogens with zero attached hydrogens (tertiary/aromatic N) is 3. The number of thiophene rings is 1. The molecule has 33 heavy (non-hydrogen) atoms. The summed E-state index contributed by atoms with van der Waals surface area (Å²) in [6, 6.07) is 7.16. The van der Waals surface area contributed by atoms with Crippen LogP contribution in [0, 0.1) is 0 Å². The molecule has 1 fully saturated rings. The summed E-state index contributed by atoms with van der Waals surface area (Å²) in [4.78, 5) is 34.6. The Balaban J connectivity index is 1.58. The van der Waals surface area contributed by atoms with E-state index in [1.54, 1.807) is 24.5 Å². The summed E-state index contributed by atoms with van der Waals surface area (Å²) in [6.07, 6.45) is 5.36. The number of hydrogen-bond donors (Lipinski definition) is 0. The molecule has 172 valence electrons. The van der Waals surface area contributed by atoms with Gasteiger partial charge in [-0.2, -0.15) is 0 Å². The third-order valence-electron chi connectivity index (χ3n) is 5.88. The van der Waals surface area contributed by atoms with Crippen LogP contribution in [0.1, 0.15) is 49.8 Å². The van der Waals surface area contributed by atoms with Crippen LogP contribution in [0.15, 0.2) is 55.1 Å². The highest BCUT2D eigenvalue weighted by atomic mass is 32.1. The Labute approximate surface area is 198 Å². The molecule has 0 saturated carbocycles. The number of carbonyl (C=O) groups is 1. The van der Waals surface area contributed by atoms with E-state index in [0.29, 0.717) is 26.4 Å². The smallest absolute Gasteiger partial charge is 0.338 e. The fourth-order valence-electron chi connectivity index (χ4n) is 4.34. The van der Waals surface area contributed by atoms with Crippen molar-refractivity contribution in [2.75, 3.05) is 24.6 Å². The maximum Gasteiger partial charge on any atom is 0.338 e. The largest absolute Gasteiger partial charge is 0.463 e. The third-order valence-corrected chi connectivity index (χ3v) is 7.79. The first-order valence-electron chi connectivity index (χ1n) is 11.1. The van der Waals surface area contributed by atoms with Gasteiger partial charge in [-0.3, -0.25) is 9.36 Å². The van der Waals surface area contributed by atoms with Crippen molar-refractivity contribution in [2.24, 2.45) is 4.99 Å². The van der Waals surface area contributed by atoms with Crippen LogP contribution in [0.2, 0.25) is 0 Å². The van der Waals surface area contributed by atoms with Gasteiger partial charge in [0.15, 0.2) is 10.7 Å². The van der Waals surface area contributed by atoms with Gasteiger partial charge in [0, 0.05) is 30.1 Å². The number of esters is 1. The van der Waals surface area contributed by atoms with E-state index in [-0.39, 0.29) is 12.2 Å². The molecule has 3 aromatic rings. The third kappa shape index (κ3) is 4.11. The number of allylic oxidation sites excluding steroid dienone is 1. The number of piperidine rings is 1. The standard InChI is InChI=1S/C24H25N3O4S2/c1-3-30-23(29)20-15(2)25-24-27(21(20)17-8-7-13-32-17)22(28)18(33-24)14-16-9-10-19(31-16)26-11-5-4-6-12-26/h7-10,13-14,21H,3-6,11-12H2,1-2H3/b18-14-/t21-/m1/s1. The zero-order valence-electron chi connectivity index (χ0n) is 18.6. The topological polar surface area (TPSA) is 77.0 Å². The van der Waals surface area contributed by atoms with Crippen molar-refractivity contribution >= 4 is 40.6 Å². The lowest BCUT2D eigenvalue weighted by atomic mass is 10.0. The molecule has 3 aromatic heterocycles. The van der Waals surface area contributed by atoms with Crippen LogP contribution in [-0.4, -0.2) is 30.2 Å². The van der Waals surface area contributed by atoms with Crippen LogP contribution in [0.5, 0.6) is 0 Å². The Bertz CT molecular complexity index is 1370. The zero-order valence-corrected chi connectivity index (χ0v) is 20.2. The zero-order chi connectivity index (χ0) is 22.9. The van der Waals surface area contributed by atoms with E-state index in [0.717, 1.165) is 23.9 Å². The van der Waals surface area contributed by atoms with Crippen molar-refractivity contribution in [3.8, 4) is 0 Å². The monoisotopic (exact) mass is 483 g/mol. The van der Waals surface area contributed by atoms with Gasteiger partial charge in [-0.1, -0.05) is 17.4 Å². The van der Waals surface area contributed by atoms with Crippen molar-refractivity contribution in [3.63, 3.8) is 0 Å². The molecule has 2 aliphatic rings. The molecule has 0 aliphatic carbocycles. The molecule has 5 rings (SSSR count). The SMILES string of the molecule is CCOC(=O)C1=C(C)N=c2s/c(=C\c3ccc(N4CCCCC4)o3)c(=O)n2[C@@H]1c1cccs1. The maximum absolute atomic E-state index is 13.5. The van der Waals surface area contributed by atoms with Crippen LogP contribution in [0.25, 0.3) is 6.08 Å². The molecule has 5 heterocycles. The summed E-state index contributed by atoms with van der Waals surface area (Å²) >= 11 is 2.81. The second kappa shape index (κ2) is 9.15. The average Bonchev–Trinajstić information content (AvgIpc) is 3.56. The minimum absolute atomic E-state index is 0.192. The lowest BCUT2D eigenvalue weighted by Crippen LogP contribution is -2.39. The molecule has 7 nitrogen and oxygen atoms in total. The fraction of sp³-hybridized carbons (Fsp3) is 0.375. The van der Waals surface area contributed by atoms with E-state index in [1.807, 2.05) is 29.6 Å². The van der Waals surface area contributed by atoms with Crippen LogP contribution >= 0.6 is 22.7 Å². The number of anilines is 1. The minimum Gasteiger partial charge on any atom is -0.463 e. The van der Waals surface area contributed by atoms with Gasteiger partial charge in [0.05, 0.1) is 22.4 Å². The van der Waals surface area contributed by atoms with Crippen molar-refractivity contribution < 1.29 is 13.9 Å². The first-order valence-corrected chi connectivity index (χ1v) is 12.8. The lowest BCUT2D eigenvalue weighted by molar-refractivity contribution is -0.139. The molecule has 2 aliphatic heterocycles. The number of fused-ring (bicyclic) bond motifs is 1. The average molecular weight is 484 g/mol. The molecule has 1 atom stereocenters. The highest BCUT2D eigenvalue weighted by Crippen LogP contribution is 2.33. The normalized spacial score (nSPS) is 18.9. The first kappa shape index (κ1) is 21.9. The summed E-state index contributed by atoms with van der Waals surface area (Å²) in [5.41, 5.74) is 0.788. The Morgan fingerprint density at radius 3 is 2.82 bits per heavy atom. The first-order chi connectivity index (χ1) is 16.1. The van der Waals surface area contributed by atoms with Gasteiger partial charge in [0.25, 0.3) is 5.56 Å². The Morgan fingerprint density at radius 2 is 2.09 bits per heavy atom. The van der Waals surface area contributed by atoms with Crippen molar-refractivity contribution in [1.29, 1.82) is 0 Å². The van der Waals surface area contributed by atoms with Crippen molar-refractivity contribution in [1.82, 2.24) is 4.57 Å². The molecule has 0 N–H and O–H groups in total. The Morgan fingerprint density at radius 1 is 1.27 bits per heavy atom. The van der Waals surface area contributed by atoms with E-state index < -0.39 is 12.0 Å². The van der Waals surface area contributed by atoms with Gasteiger partial charge in [-0.25, -0.2) is 9.79 Å². The molecule has 0 aromatic carbocycles. The number of thiazole rings is 1. The number of aromatic nitrogens is 1. The summed E-state index contributed by atoms with van der Waals surface area (Å²) < 4.78 is 13.5. The molecule has 1 saturated heterocycles. The van der Waals surface area contributed by atoms with Gasteiger partial charge < -0.3 is 14.1 Å². The van der Waals surface area contributed by atoms with Crippen LogP contribution in [-0.2, 0) is 9.53 Å². The molecule has 0 radical (unpaired) electrons. The van der Waals surface area contributed by atoms with E-state index in [4.69, 9.17) is 9.15 Å². The predicted octanol–water partition coefficient (Wildman–Crippen LogP) is 3.44. The van der Waals surface area contributed by atoms with Gasteiger partial charge in [-0.15, -0.1) is 11.3 Å². The van der Waals surface area contributed by atoms with Crippen molar-refractivity contribution in [2.45, 2.75) is 39.2 Å². The maximum atomic E-state index is 13.5. The second-order valence-corrected chi connectivity index (χ2v) is 10.0. The van der Waals surface area contributed by atoms with E-state index in [2.05, 4.69) is 9.89 Å². The molecule has 0 spiro atoms. The molecule has 9 heteroatoms. The molecular weight excluding hydrogens is 458 g/mol. The van der Waals surface area contributed by atoms with Gasteiger partial charge >= 0.3 is 5.97 Å². The summed E-state index contributed by atoms with van der Waals surface area (Å²) in [7, 11) is 0. The van der Waals surface area contributed by atoms with Crippen LogP contribution < -0.4 is 19.8 Å². The van der Waals surface area contributed by atoms with E-state index in [1.165, 1.54) is 41.9 Å². The minimum atomic E-state index is -0.553. The molecule has 0 amide bonds. The summed E-state index contributed by atoms with van der Waals surface area (Å²) in [6.45, 7) is 5.80. The number of rotatable bonds is 5. The Hall–Kier alpha value is -2.91.